The molecule has 0 bridgehead atoms. The molecule has 3 rings (SSSR count). The Morgan fingerprint density at radius 1 is 1.46 bits per heavy atom. The molecule has 1 aromatic rings. The molecule has 0 aromatic carbocycles. The molecule has 7 heteroatoms. The van der Waals surface area contributed by atoms with E-state index in [0.29, 0.717) is 29.7 Å². The maximum absolute atomic E-state index is 12.8. The SMILES string of the molecule is CC(=O)CC1CCC2(C1)CN(C(=O)OC(C)(C)C)c1ncc(Br)c(Cl)c12. The van der Waals surface area contributed by atoms with Gasteiger partial charge in [0.1, 0.15) is 17.2 Å². The van der Waals surface area contributed by atoms with Gasteiger partial charge in [0.25, 0.3) is 0 Å². The number of hydrogen-bond acceptors (Lipinski definition) is 4. The van der Waals surface area contributed by atoms with Crippen LogP contribution >= 0.6 is 27.5 Å². The van der Waals surface area contributed by atoms with Crippen molar-refractivity contribution in [1.29, 1.82) is 0 Å². The van der Waals surface area contributed by atoms with E-state index in [-0.39, 0.29) is 11.2 Å². The highest BCUT2D eigenvalue weighted by Crippen LogP contribution is 2.55. The second-order valence-electron chi connectivity index (χ2n) is 8.48. The number of halogens is 2. The number of anilines is 1. The molecule has 1 aromatic heterocycles. The molecule has 26 heavy (non-hydrogen) atoms. The number of rotatable bonds is 2. The van der Waals surface area contributed by atoms with Gasteiger partial charge in [0, 0.05) is 30.1 Å². The molecule has 5 nitrogen and oxygen atoms in total. The zero-order valence-electron chi connectivity index (χ0n) is 15.6. The molecule has 1 aliphatic heterocycles. The molecule has 0 saturated heterocycles. The number of carbonyl (C=O) groups excluding carboxylic acids is 2. The van der Waals surface area contributed by atoms with Gasteiger partial charge >= 0.3 is 6.09 Å². The van der Waals surface area contributed by atoms with E-state index in [1.165, 1.54) is 0 Å². The van der Waals surface area contributed by atoms with E-state index < -0.39 is 11.7 Å². The maximum atomic E-state index is 12.8. The Hall–Kier alpha value is -1.14. The van der Waals surface area contributed by atoms with Crippen molar-refractivity contribution < 1.29 is 14.3 Å². The van der Waals surface area contributed by atoms with Crippen LogP contribution in [-0.2, 0) is 14.9 Å². The fourth-order valence-electron chi connectivity index (χ4n) is 4.24. The van der Waals surface area contributed by atoms with Gasteiger partial charge in [-0.3, -0.25) is 4.90 Å². The first-order valence-electron chi connectivity index (χ1n) is 8.87. The fourth-order valence-corrected chi connectivity index (χ4v) is 4.88. The molecule has 1 aliphatic carbocycles. The second-order valence-corrected chi connectivity index (χ2v) is 9.71. The van der Waals surface area contributed by atoms with Gasteiger partial charge in [-0.25, -0.2) is 9.78 Å². The topological polar surface area (TPSA) is 59.5 Å². The quantitative estimate of drug-likeness (QED) is 0.625. The van der Waals surface area contributed by atoms with Gasteiger partial charge < -0.3 is 9.53 Å². The monoisotopic (exact) mass is 442 g/mol. The molecule has 0 radical (unpaired) electrons. The van der Waals surface area contributed by atoms with Gasteiger partial charge in [-0.2, -0.15) is 0 Å². The van der Waals surface area contributed by atoms with Gasteiger partial charge in [0.15, 0.2) is 0 Å². The Morgan fingerprint density at radius 3 is 2.77 bits per heavy atom. The number of ether oxygens (including phenoxy) is 1. The van der Waals surface area contributed by atoms with Gasteiger partial charge in [-0.15, -0.1) is 0 Å². The van der Waals surface area contributed by atoms with Gasteiger partial charge in [0.05, 0.1) is 9.50 Å². The summed E-state index contributed by atoms with van der Waals surface area (Å²) < 4.78 is 6.30. The lowest BCUT2D eigenvalue weighted by Gasteiger charge is -2.27. The molecule has 1 saturated carbocycles. The standard InChI is InChI=1S/C19H24BrClN2O3/c1-11(24)7-12-5-6-19(8-12)10-23(17(25)26-18(2,3)4)16-14(19)15(21)13(20)9-22-16/h9,12H,5-8,10H2,1-4H3. The minimum atomic E-state index is -0.584. The lowest BCUT2D eigenvalue weighted by atomic mass is 9.80. The minimum Gasteiger partial charge on any atom is -0.443 e. The van der Waals surface area contributed by atoms with E-state index in [2.05, 4.69) is 20.9 Å². The molecule has 1 amide bonds. The van der Waals surface area contributed by atoms with Crippen LogP contribution in [0.3, 0.4) is 0 Å². The Labute approximate surface area is 167 Å². The number of amides is 1. The Morgan fingerprint density at radius 2 is 2.15 bits per heavy atom. The summed E-state index contributed by atoms with van der Waals surface area (Å²) >= 11 is 10.1. The minimum absolute atomic E-state index is 0.202. The average Bonchev–Trinajstić information content (AvgIpc) is 3.03. The van der Waals surface area contributed by atoms with E-state index in [0.717, 1.165) is 29.3 Å². The third-order valence-corrected chi connectivity index (χ3v) is 6.32. The summed E-state index contributed by atoms with van der Waals surface area (Å²) in [6.07, 6.45) is 4.45. The first kappa shape index (κ1) is 19.6. The van der Waals surface area contributed by atoms with Crippen LogP contribution in [0.1, 0.15) is 58.9 Å². The van der Waals surface area contributed by atoms with Crippen molar-refractivity contribution in [2.75, 3.05) is 11.4 Å². The molecule has 0 N–H and O–H groups in total. The molecule has 1 spiro atoms. The summed E-state index contributed by atoms with van der Waals surface area (Å²) in [5.74, 6) is 1.10. The van der Waals surface area contributed by atoms with E-state index in [1.807, 2.05) is 20.8 Å². The number of ketones is 1. The average molecular weight is 444 g/mol. The molecular formula is C19H24BrClN2O3. The number of hydrogen-bond donors (Lipinski definition) is 0. The van der Waals surface area contributed by atoms with Crippen molar-refractivity contribution in [1.82, 2.24) is 4.98 Å². The van der Waals surface area contributed by atoms with E-state index >= 15 is 0 Å². The zero-order chi connectivity index (χ0) is 19.3. The van der Waals surface area contributed by atoms with Crippen LogP contribution in [0.4, 0.5) is 10.6 Å². The van der Waals surface area contributed by atoms with Crippen LogP contribution < -0.4 is 4.90 Å². The number of carbonyl (C=O) groups is 2. The lowest BCUT2D eigenvalue weighted by Crippen LogP contribution is -2.39. The summed E-state index contributed by atoms with van der Waals surface area (Å²) in [7, 11) is 0. The molecule has 1 fully saturated rings. The predicted octanol–water partition coefficient (Wildman–Crippen LogP) is 5.27. The highest BCUT2D eigenvalue weighted by atomic mass is 79.9. The molecule has 2 aliphatic rings. The van der Waals surface area contributed by atoms with Crippen molar-refractivity contribution in [2.24, 2.45) is 5.92 Å². The van der Waals surface area contributed by atoms with Crippen LogP contribution in [0, 0.1) is 5.92 Å². The summed E-state index contributed by atoms with van der Waals surface area (Å²) in [5.41, 5.74) is 0.0598. The van der Waals surface area contributed by atoms with Crippen molar-refractivity contribution in [3.8, 4) is 0 Å². The summed E-state index contributed by atoms with van der Waals surface area (Å²) in [4.78, 5) is 30.4. The van der Waals surface area contributed by atoms with Crippen molar-refractivity contribution in [3.63, 3.8) is 0 Å². The fraction of sp³-hybridized carbons (Fsp3) is 0.632. The van der Waals surface area contributed by atoms with Gasteiger partial charge in [-0.1, -0.05) is 11.6 Å². The van der Waals surface area contributed by atoms with Gasteiger partial charge in [0.2, 0.25) is 0 Å². The van der Waals surface area contributed by atoms with Crippen LogP contribution in [0.2, 0.25) is 5.02 Å². The van der Waals surface area contributed by atoms with Crippen LogP contribution in [0.15, 0.2) is 10.7 Å². The summed E-state index contributed by atoms with van der Waals surface area (Å²) in [6, 6.07) is 0. The number of nitrogens with zero attached hydrogens (tertiary/aromatic N) is 2. The van der Waals surface area contributed by atoms with Crippen LogP contribution in [0.5, 0.6) is 0 Å². The van der Waals surface area contributed by atoms with Gasteiger partial charge in [-0.05, 0) is 68.8 Å². The summed E-state index contributed by atoms with van der Waals surface area (Å²) in [6.45, 7) is 7.66. The zero-order valence-corrected chi connectivity index (χ0v) is 17.9. The normalized spacial score (nSPS) is 24.8. The van der Waals surface area contributed by atoms with E-state index in [4.69, 9.17) is 16.3 Å². The second kappa shape index (κ2) is 6.79. The van der Waals surface area contributed by atoms with Crippen molar-refractivity contribution in [3.05, 3.63) is 21.3 Å². The number of fused-ring (bicyclic) bond motifs is 2. The van der Waals surface area contributed by atoms with Crippen molar-refractivity contribution >= 4 is 45.2 Å². The summed E-state index contributed by atoms with van der Waals surface area (Å²) in [5, 5.41) is 0.601. The molecule has 2 atom stereocenters. The maximum Gasteiger partial charge on any atom is 0.416 e. The van der Waals surface area contributed by atoms with Crippen molar-refractivity contribution in [2.45, 2.75) is 64.4 Å². The third kappa shape index (κ3) is 3.63. The van der Waals surface area contributed by atoms with Crippen LogP contribution in [0.25, 0.3) is 0 Å². The lowest BCUT2D eigenvalue weighted by molar-refractivity contribution is -0.117. The first-order valence-corrected chi connectivity index (χ1v) is 10.0. The smallest absolute Gasteiger partial charge is 0.416 e. The number of Topliss-reactive ketones (excluding diaryl/α,β-unsaturated/α-hetero) is 1. The highest BCUT2D eigenvalue weighted by Gasteiger charge is 2.52. The first-order chi connectivity index (χ1) is 12.0. The Bertz CT molecular complexity index is 762. The van der Waals surface area contributed by atoms with E-state index in [9.17, 15) is 9.59 Å². The largest absolute Gasteiger partial charge is 0.443 e. The third-order valence-electron chi connectivity index (χ3n) is 5.10. The molecular weight excluding hydrogens is 420 g/mol. The number of aromatic nitrogens is 1. The Kier molecular flexibility index (Phi) is 5.12. The van der Waals surface area contributed by atoms with Crippen LogP contribution in [-0.4, -0.2) is 29.0 Å². The number of pyridine rings is 1. The molecule has 2 heterocycles. The Balaban J connectivity index is 1.99. The molecule has 2 unspecified atom stereocenters. The van der Waals surface area contributed by atoms with E-state index in [1.54, 1.807) is 18.0 Å². The highest BCUT2D eigenvalue weighted by molar-refractivity contribution is 9.10. The molecule has 142 valence electrons. The predicted molar refractivity (Wildman–Crippen MR) is 105 cm³/mol.